The molecule has 13 nitrogen and oxygen atoms in total. The molecule has 13 heteroatoms. The number of ether oxygens (including phenoxy) is 9. The highest BCUT2D eigenvalue weighted by atomic mass is 16.7. The zero-order chi connectivity index (χ0) is 36.4. The number of hydrogen-bond donors (Lipinski definition) is 1. The highest BCUT2D eigenvalue weighted by molar-refractivity contribution is 5.92. The average molecular weight is 712 g/mol. The van der Waals surface area contributed by atoms with Gasteiger partial charge in [0, 0.05) is 23.1 Å². The molecule has 2 aliphatic heterocycles. The number of carbonyl (C=O) groups is 3. The molecule has 270 valence electrons. The normalized spacial score (nSPS) is 19.4. The Labute approximate surface area is 299 Å². The van der Waals surface area contributed by atoms with Crippen molar-refractivity contribution in [2.75, 3.05) is 53.8 Å². The van der Waals surface area contributed by atoms with Crippen molar-refractivity contribution in [2.45, 2.75) is 18.4 Å². The van der Waals surface area contributed by atoms with E-state index in [0.717, 1.165) is 11.1 Å². The molecule has 0 radical (unpaired) electrons. The first-order valence-corrected chi connectivity index (χ1v) is 16.5. The average Bonchev–Trinajstić information content (AvgIpc) is 3.79. The summed E-state index contributed by atoms with van der Waals surface area (Å²) in [5.74, 6) is 0.452. The van der Waals surface area contributed by atoms with E-state index >= 15 is 0 Å². The monoisotopic (exact) mass is 711 g/mol. The quantitative estimate of drug-likeness (QED) is 0.192. The third-order valence-corrected chi connectivity index (χ3v) is 9.41. The second kappa shape index (κ2) is 14.6. The Bertz CT molecular complexity index is 1970. The fourth-order valence-corrected chi connectivity index (χ4v) is 7.07. The number of hydrogen-bond acceptors (Lipinski definition) is 12. The highest BCUT2D eigenvalue weighted by Gasteiger charge is 2.54. The number of carbonyl (C=O) groups excluding carboxylic acids is 3. The van der Waals surface area contributed by atoms with Gasteiger partial charge in [-0.3, -0.25) is 14.4 Å². The number of amides is 1. The van der Waals surface area contributed by atoms with Gasteiger partial charge in [-0.2, -0.15) is 0 Å². The Morgan fingerprint density at radius 2 is 1.48 bits per heavy atom. The summed E-state index contributed by atoms with van der Waals surface area (Å²) >= 11 is 0. The predicted octanol–water partition coefficient (Wildman–Crippen LogP) is 5.23. The molecular formula is C39H37NO12. The number of fused-ring (bicyclic) bond motifs is 3. The van der Waals surface area contributed by atoms with Gasteiger partial charge < -0.3 is 47.9 Å². The maximum atomic E-state index is 13.7. The smallest absolute Gasteiger partial charge is 0.310 e. The summed E-state index contributed by atoms with van der Waals surface area (Å²) < 4.78 is 50.9. The molecular weight excluding hydrogens is 674 g/mol. The van der Waals surface area contributed by atoms with Gasteiger partial charge in [0.25, 0.3) is 5.91 Å². The Kier molecular flexibility index (Phi) is 9.66. The molecule has 1 fully saturated rings. The second-order valence-electron chi connectivity index (χ2n) is 12.4. The predicted molar refractivity (Wildman–Crippen MR) is 185 cm³/mol. The zero-order valence-electron chi connectivity index (χ0n) is 29.0. The van der Waals surface area contributed by atoms with Gasteiger partial charge in [0.15, 0.2) is 29.6 Å². The Balaban J connectivity index is 1.13. The summed E-state index contributed by atoms with van der Waals surface area (Å²) in [6.45, 7) is -0.123. The van der Waals surface area contributed by atoms with Gasteiger partial charge in [-0.25, -0.2) is 0 Å². The summed E-state index contributed by atoms with van der Waals surface area (Å²) in [4.78, 5) is 39.8. The Morgan fingerprint density at radius 3 is 2.15 bits per heavy atom. The molecule has 0 bridgehead atoms. The van der Waals surface area contributed by atoms with Crippen LogP contribution in [0.15, 0.2) is 72.8 Å². The molecule has 7 rings (SSSR count). The van der Waals surface area contributed by atoms with Crippen LogP contribution in [0.25, 0.3) is 0 Å². The first-order chi connectivity index (χ1) is 25.3. The van der Waals surface area contributed by atoms with Crippen molar-refractivity contribution in [2.24, 2.45) is 11.8 Å². The fraction of sp³-hybridized carbons (Fsp3) is 0.308. The topological polar surface area (TPSA) is 146 Å². The second-order valence-corrected chi connectivity index (χ2v) is 12.4. The van der Waals surface area contributed by atoms with Gasteiger partial charge >= 0.3 is 11.9 Å². The maximum absolute atomic E-state index is 13.7. The van der Waals surface area contributed by atoms with Crippen molar-refractivity contribution in [3.63, 3.8) is 0 Å². The first kappa shape index (κ1) is 34.3. The van der Waals surface area contributed by atoms with Gasteiger partial charge in [-0.05, 0) is 77.4 Å². The summed E-state index contributed by atoms with van der Waals surface area (Å²) in [7, 11) is 6.14. The molecule has 4 aromatic carbocycles. The summed E-state index contributed by atoms with van der Waals surface area (Å²) in [5.41, 5.74) is 3.23. The summed E-state index contributed by atoms with van der Waals surface area (Å²) in [6, 6.07) is 21.1. The van der Waals surface area contributed by atoms with Crippen LogP contribution in [0, 0.1) is 11.8 Å². The lowest BCUT2D eigenvalue weighted by Gasteiger charge is -2.38. The van der Waals surface area contributed by atoms with Gasteiger partial charge in [0.1, 0.15) is 17.6 Å². The molecule has 1 N–H and O–H groups in total. The van der Waals surface area contributed by atoms with Crippen molar-refractivity contribution in [1.29, 1.82) is 0 Å². The summed E-state index contributed by atoms with van der Waals surface area (Å²) in [5, 5.41) is 2.80. The van der Waals surface area contributed by atoms with Gasteiger partial charge in [0.05, 0.1) is 47.4 Å². The Hall–Kier alpha value is -6.11. The molecule has 1 aliphatic carbocycles. The van der Waals surface area contributed by atoms with Crippen LogP contribution in [-0.4, -0.2) is 66.3 Å². The van der Waals surface area contributed by atoms with Crippen molar-refractivity contribution in [3.05, 3.63) is 95.1 Å². The van der Waals surface area contributed by atoms with Crippen LogP contribution in [0.4, 0.5) is 5.69 Å². The van der Waals surface area contributed by atoms with Crippen molar-refractivity contribution < 1.29 is 57.0 Å². The minimum atomic E-state index is -0.829. The molecule has 0 unspecified atom stereocenters. The van der Waals surface area contributed by atoms with E-state index in [-0.39, 0.29) is 32.3 Å². The third kappa shape index (κ3) is 6.69. The lowest BCUT2D eigenvalue weighted by molar-refractivity contribution is -0.153. The molecule has 4 aromatic rings. The van der Waals surface area contributed by atoms with Crippen molar-refractivity contribution in [3.8, 4) is 40.2 Å². The third-order valence-electron chi connectivity index (χ3n) is 9.41. The van der Waals surface area contributed by atoms with E-state index in [4.69, 9.17) is 42.6 Å². The SMILES string of the molecule is COc1ccc(OCC(=O)Nc2cccc(CC(=O)O[C@H]3c4cc5c(cc4[C@@H](c4cc(OC)c(OC)c(OC)c4)[C@H]4C(=O)OC[C@@H]43)OCO5)c2)cc1. The highest BCUT2D eigenvalue weighted by Crippen LogP contribution is 2.56. The number of rotatable bonds is 12. The molecule has 3 aliphatic rings. The van der Waals surface area contributed by atoms with Crippen LogP contribution in [-0.2, 0) is 30.3 Å². The largest absolute Gasteiger partial charge is 0.497 e. The van der Waals surface area contributed by atoms with Crippen molar-refractivity contribution in [1.82, 2.24) is 0 Å². The van der Waals surface area contributed by atoms with E-state index in [9.17, 15) is 14.4 Å². The minimum absolute atomic E-state index is 0.0346. The van der Waals surface area contributed by atoms with E-state index in [2.05, 4.69) is 5.32 Å². The molecule has 2 heterocycles. The number of cyclic esters (lactones) is 1. The van der Waals surface area contributed by atoms with E-state index in [1.165, 1.54) is 21.3 Å². The number of esters is 2. The number of anilines is 1. The van der Waals surface area contributed by atoms with Gasteiger partial charge in [0.2, 0.25) is 12.5 Å². The lowest BCUT2D eigenvalue weighted by atomic mass is 9.66. The molecule has 52 heavy (non-hydrogen) atoms. The van der Waals surface area contributed by atoms with Crippen LogP contribution in [0.2, 0.25) is 0 Å². The standard InChI is InChI=1S/C39H37NO12/c1-44-24-8-10-25(11-9-24)48-19-33(41)40-23-7-5-6-21(12-23)13-34(42)52-37-27-17-30-29(50-20-51-30)16-26(27)35(36-28(37)18-49-39(36)43)22-14-31(45-2)38(47-4)32(15-22)46-3/h5-12,14-17,28,35-37H,13,18-20H2,1-4H3,(H,40,41)/t28-,35+,36-,37-/m0/s1. The van der Waals surface area contributed by atoms with Crippen LogP contribution in [0.3, 0.4) is 0 Å². The molecule has 1 amide bonds. The number of benzene rings is 4. The van der Waals surface area contributed by atoms with Crippen LogP contribution >= 0.6 is 0 Å². The van der Waals surface area contributed by atoms with Crippen LogP contribution in [0.5, 0.6) is 40.2 Å². The van der Waals surface area contributed by atoms with Crippen LogP contribution in [0.1, 0.15) is 34.3 Å². The minimum Gasteiger partial charge on any atom is -0.497 e. The van der Waals surface area contributed by atoms with E-state index in [1.54, 1.807) is 55.6 Å². The molecule has 0 aromatic heterocycles. The molecule has 0 saturated carbocycles. The Morgan fingerprint density at radius 1 is 0.788 bits per heavy atom. The molecule has 1 saturated heterocycles. The lowest BCUT2D eigenvalue weighted by Crippen LogP contribution is -2.36. The van der Waals surface area contributed by atoms with Gasteiger partial charge in [-0.1, -0.05) is 12.1 Å². The van der Waals surface area contributed by atoms with Gasteiger partial charge in [-0.15, -0.1) is 0 Å². The van der Waals surface area contributed by atoms with Crippen LogP contribution < -0.4 is 38.5 Å². The van der Waals surface area contributed by atoms with E-state index < -0.39 is 35.8 Å². The molecule has 4 atom stereocenters. The number of methoxy groups -OCH3 is 4. The zero-order valence-corrected chi connectivity index (χ0v) is 29.0. The number of nitrogens with one attached hydrogen (secondary N) is 1. The van der Waals surface area contributed by atoms with E-state index in [1.807, 2.05) is 24.3 Å². The summed E-state index contributed by atoms with van der Waals surface area (Å²) in [6.07, 6.45) is -0.921. The molecule has 0 spiro atoms. The fourth-order valence-electron chi connectivity index (χ4n) is 7.07. The maximum Gasteiger partial charge on any atom is 0.310 e. The first-order valence-electron chi connectivity index (χ1n) is 16.5. The van der Waals surface area contributed by atoms with Crippen molar-refractivity contribution >= 4 is 23.5 Å². The van der Waals surface area contributed by atoms with E-state index in [0.29, 0.717) is 57.1 Å².